The van der Waals surface area contributed by atoms with E-state index in [-0.39, 0.29) is 23.5 Å². The Kier molecular flexibility index (Phi) is 4.82. The third kappa shape index (κ3) is 4.70. The molecule has 6 nitrogen and oxygen atoms in total. The number of hydrogen-bond acceptors (Lipinski definition) is 5. The van der Waals surface area contributed by atoms with Crippen molar-refractivity contribution in [2.75, 3.05) is 23.4 Å². The van der Waals surface area contributed by atoms with Crippen LogP contribution in [0.2, 0.25) is 0 Å². The van der Waals surface area contributed by atoms with E-state index in [9.17, 15) is 13.2 Å². The Bertz CT molecular complexity index is 596. The molecule has 1 atom stereocenters. The van der Waals surface area contributed by atoms with Gasteiger partial charge in [-0.05, 0) is 24.5 Å². The summed E-state index contributed by atoms with van der Waals surface area (Å²) in [6.07, 6.45) is 2.09. The van der Waals surface area contributed by atoms with Crippen LogP contribution in [-0.4, -0.2) is 43.4 Å². The summed E-state index contributed by atoms with van der Waals surface area (Å²) >= 11 is 0. The predicted octanol–water partition coefficient (Wildman–Crippen LogP) is 1.07. The minimum atomic E-state index is -2.99. The highest BCUT2D eigenvalue weighted by molar-refractivity contribution is 7.91. The van der Waals surface area contributed by atoms with Crippen molar-refractivity contribution in [3.63, 3.8) is 0 Å². The fraction of sp³-hybridized carbons (Fsp3) is 0.571. The van der Waals surface area contributed by atoms with Crippen molar-refractivity contribution < 1.29 is 13.2 Å². The van der Waals surface area contributed by atoms with Gasteiger partial charge in [0.1, 0.15) is 5.69 Å². The van der Waals surface area contributed by atoms with Crippen LogP contribution in [0.25, 0.3) is 0 Å². The van der Waals surface area contributed by atoms with Crippen LogP contribution in [-0.2, 0) is 9.84 Å². The molecule has 1 fully saturated rings. The molecule has 0 bridgehead atoms. The van der Waals surface area contributed by atoms with Gasteiger partial charge in [0, 0.05) is 12.6 Å². The Morgan fingerprint density at radius 2 is 2.19 bits per heavy atom. The van der Waals surface area contributed by atoms with E-state index >= 15 is 0 Å². The summed E-state index contributed by atoms with van der Waals surface area (Å²) in [5, 5.41) is 5.94. The second-order valence-corrected chi connectivity index (χ2v) is 8.01. The van der Waals surface area contributed by atoms with E-state index in [1.165, 1.54) is 0 Å². The largest absolute Gasteiger partial charge is 0.384 e. The van der Waals surface area contributed by atoms with Crippen LogP contribution >= 0.6 is 0 Å². The van der Waals surface area contributed by atoms with Crippen LogP contribution < -0.4 is 10.6 Å². The third-order valence-corrected chi connectivity index (χ3v) is 5.05. The molecule has 0 saturated carbocycles. The summed E-state index contributed by atoms with van der Waals surface area (Å²) in [6, 6.07) is 3.14. The standard InChI is InChI=1S/C14H21N3O3S/c1-10(2)7-15-11-3-4-13(16-8-11)14(18)17-12-5-6-21(19,20)9-12/h3-4,8,10,12,15H,5-7,9H2,1-2H3,(H,17,18). The lowest BCUT2D eigenvalue weighted by Crippen LogP contribution is -2.36. The van der Waals surface area contributed by atoms with Gasteiger partial charge in [-0.1, -0.05) is 13.8 Å². The maximum atomic E-state index is 12.0. The summed E-state index contributed by atoms with van der Waals surface area (Å²) in [4.78, 5) is 16.1. The third-order valence-electron chi connectivity index (χ3n) is 3.28. The number of carbonyl (C=O) groups excluding carboxylic acids is 1. The molecular formula is C14H21N3O3S. The number of pyridine rings is 1. The Labute approximate surface area is 125 Å². The number of anilines is 1. The molecule has 116 valence electrons. The van der Waals surface area contributed by atoms with E-state index in [1.807, 2.05) is 0 Å². The fourth-order valence-corrected chi connectivity index (χ4v) is 3.80. The molecule has 0 aromatic carbocycles. The zero-order valence-corrected chi connectivity index (χ0v) is 13.1. The maximum Gasteiger partial charge on any atom is 0.270 e. The maximum absolute atomic E-state index is 12.0. The summed E-state index contributed by atoms with van der Waals surface area (Å²) in [5.41, 5.74) is 1.16. The first-order valence-corrected chi connectivity index (χ1v) is 8.89. The lowest BCUT2D eigenvalue weighted by Gasteiger charge is -2.11. The van der Waals surface area contributed by atoms with E-state index in [4.69, 9.17) is 0 Å². The Hall–Kier alpha value is -1.63. The Morgan fingerprint density at radius 3 is 2.71 bits per heavy atom. The van der Waals surface area contributed by atoms with Crippen LogP contribution in [0.15, 0.2) is 18.3 Å². The van der Waals surface area contributed by atoms with E-state index in [0.717, 1.165) is 12.2 Å². The number of rotatable bonds is 5. The molecule has 7 heteroatoms. The van der Waals surface area contributed by atoms with Gasteiger partial charge in [-0.15, -0.1) is 0 Å². The highest BCUT2D eigenvalue weighted by Crippen LogP contribution is 2.12. The molecule has 1 aliphatic heterocycles. The molecule has 21 heavy (non-hydrogen) atoms. The molecule has 2 N–H and O–H groups in total. The minimum absolute atomic E-state index is 0.0206. The van der Waals surface area contributed by atoms with Gasteiger partial charge in [0.15, 0.2) is 9.84 Å². The van der Waals surface area contributed by atoms with Crippen molar-refractivity contribution in [2.24, 2.45) is 5.92 Å². The molecule has 0 spiro atoms. The van der Waals surface area contributed by atoms with Gasteiger partial charge >= 0.3 is 0 Å². The van der Waals surface area contributed by atoms with Crippen molar-refractivity contribution in [2.45, 2.75) is 26.3 Å². The summed E-state index contributed by atoms with van der Waals surface area (Å²) in [6.45, 7) is 5.06. The van der Waals surface area contributed by atoms with Crippen LogP contribution in [0.3, 0.4) is 0 Å². The molecule has 2 rings (SSSR count). The second kappa shape index (κ2) is 6.43. The van der Waals surface area contributed by atoms with Crippen molar-refractivity contribution in [3.05, 3.63) is 24.0 Å². The van der Waals surface area contributed by atoms with Gasteiger partial charge < -0.3 is 10.6 Å². The SMILES string of the molecule is CC(C)CNc1ccc(C(=O)NC2CCS(=O)(=O)C2)nc1. The number of nitrogens with one attached hydrogen (secondary N) is 2. The zero-order chi connectivity index (χ0) is 15.5. The second-order valence-electron chi connectivity index (χ2n) is 5.78. The number of sulfone groups is 1. The first-order valence-electron chi connectivity index (χ1n) is 7.07. The zero-order valence-electron chi connectivity index (χ0n) is 12.3. The van der Waals surface area contributed by atoms with Crippen LogP contribution in [0.5, 0.6) is 0 Å². The molecule has 2 heterocycles. The first-order chi connectivity index (χ1) is 9.85. The number of amides is 1. The predicted molar refractivity (Wildman–Crippen MR) is 82.1 cm³/mol. The van der Waals surface area contributed by atoms with Crippen molar-refractivity contribution >= 4 is 21.4 Å². The molecule has 0 aliphatic carbocycles. The lowest BCUT2D eigenvalue weighted by atomic mass is 10.2. The summed E-state index contributed by atoms with van der Waals surface area (Å²) < 4.78 is 22.7. The number of nitrogens with zero attached hydrogens (tertiary/aromatic N) is 1. The molecular weight excluding hydrogens is 290 g/mol. The van der Waals surface area contributed by atoms with Gasteiger partial charge in [-0.3, -0.25) is 4.79 Å². The minimum Gasteiger partial charge on any atom is -0.384 e. The highest BCUT2D eigenvalue weighted by atomic mass is 32.2. The quantitative estimate of drug-likeness (QED) is 0.849. The Morgan fingerprint density at radius 1 is 1.43 bits per heavy atom. The van der Waals surface area contributed by atoms with E-state index in [2.05, 4.69) is 29.5 Å². The van der Waals surface area contributed by atoms with Gasteiger partial charge in [0.05, 0.1) is 23.4 Å². The molecule has 1 aromatic rings. The van der Waals surface area contributed by atoms with Crippen LogP contribution in [0.1, 0.15) is 30.8 Å². The molecule has 1 aliphatic rings. The summed E-state index contributed by atoms with van der Waals surface area (Å²) in [7, 11) is -2.99. The summed E-state index contributed by atoms with van der Waals surface area (Å²) in [5.74, 6) is 0.362. The fourth-order valence-electron chi connectivity index (χ4n) is 2.12. The van der Waals surface area contributed by atoms with Crippen molar-refractivity contribution in [1.29, 1.82) is 0 Å². The van der Waals surface area contributed by atoms with Gasteiger partial charge in [0.2, 0.25) is 0 Å². The Balaban J connectivity index is 1.91. The normalized spacial score (nSPS) is 20.4. The highest BCUT2D eigenvalue weighted by Gasteiger charge is 2.29. The number of carbonyl (C=O) groups is 1. The van der Waals surface area contributed by atoms with E-state index in [0.29, 0.717) is 18.0 Å². The van der Waals surface area contributed by atoms with Gasteiger partial charge in [0.25, 0.3) is 5.91 Å². The number of hydrogen-bond donors (Lipinski definition) is 2. The molecule has 0 radical (unpaired) electrons. The smallest absolute Gasteiger partial charge is 0.270 e. The molecule has 1 unspecified atom stereocenters. The average Bonchev–Trinajstić information content (AvgIpc) is 2.76. The topological polar surface area (TPSA) is 88.2 Å². The van der Waals surface area contributed by atoms with Gasteiger partial charge in [-0.2, -0.15) is 0 Å². The van der Waals surface area contributed by atoms with Crippen molar-refractivity contribution in [1.82, 2.24) is 10.3 Å². The number of aromatic nitrogens is 1. The first kappa shape index (κ1) is 15.8. The van der Waals surface area contributed by atoms with Gasteiger partial charge in [-0.25, -0.2) is 13.4 Å². The van der Waals surface area contributed by atoms with E-state index < -0.39 is 9.84 Å². The molecule has 1 amide bonds. The van der Waals surface area contributed by atoms with Crippen LogP contribution in [0.4, 0.5) is 5.69 Å². The molecule has 1 saturated heterocycles. The van der Waals surface area contributed by atoms with E-state index in [1.54, 1.807) is 18.3 Å². The monoisotopic (exact) mass is 311 g/mol. The average molecular weight is 311 g/mol. The van der Waals surface area contributed by atoms with Crippen molar-refractivity contribution in [3.8, 4) is 0 Å². The van der Waals surface area contributed by atoms with Crippen LogP contribution in [0, 0.1) is 5.92 Å². The molecule has 1 aromatic heterocycles. The lowest BCUT2D eigenvalue weighted by molar-refractivity contribution is 0.0936.